The van der Waals surface area contributed by atoms with Gasteiger partial charge in [0.1, 0.15) is 0 Å². The van der Waals surface area contributed by atoms with Crippen molar-refractivity contribution in [1.82, 2.24) is 0 Å². The summed E-state index contributed by atoms with van der Waals surface area (Å²) in [5.41, 5.74) is 1.74. The fourth-order valence-corrected chi connectivity index (χ4v) is 2.96. The minimum atomic E-state index is 0.939. The second kappa shape index (κ2) is 6.15. The van der Waals surface area contributed by atoms with Crippen LogP contribution < -0.4 is 0 Å². The third-order valence-corrected chi connectivity index (χ3v) is 3.91. The van der Waals surface area contributed by atoms with Crippen LogP contribution in [0.2, 0.25) is 0 Å². The van der Waals surface area contributed by atoms with Gasteiger partial charge < -0.3 is 0 Å². The van der Waals surface area contributed by atoms with Gasteiger partial charge in [0.15, 0.2) is 0 Å². The Morgan fingerprint density at radius 1 is 0.867 bits per heavy atom. The van der Waals surface area contributed by atoms with Crippen LogP contribution in [0, 0.1) is 5.92 Å². The van der Waals surface area contributed by atoms with E-state index in [1.165, 1.54) is 64.2 Å². The second-order valence-corrected chi connectivity index (χ2v) is 5.10. The van der Waals surface area contributed by atoms with E-state index < -0.39 is 0 Å². The van der Waals surface area contributed by atoms with Crippen molar-refractivity contribution < 1.29 is 0 Å². The van der Waals surface area contributed by atoms with Crippen molar-refractivity contribution in [2.45, 2.75) is 64.2 Å². The van der Waals surface area contributed by atoms with Crippen molar-refractivity contribution in [1.29, 1.82) is 0 Å². The van der Waals surface area contributed by atoms with Crippen LogP contribution in [-0.2, 0) is 0 Å². The molecule has 0 amide bonds. The van der Waals surface area contributed by atoms with E-state index in [4.69, 9.17) is 0 Å². The Kier molecular flexibility index (Phi) is 4.50. The van der Waals surface area contributed by atoms with Crippen molar-refractivity contribution >= 4 is 0 Å². The number of fused-ring (bicyclic) bond motifs is 1. The maximum Gasteiger partial charge on any atom is -0.0200 e. The average Bonchev–Trinajstić information content (AvgIpc) is 2.65. The first-order valence-corrected chi connectivity index (χ1v) is 6.82. The van der Waals surface area contributed by atoms with E-state index in [0.717, 1.165) is 5.92 Å². The molecular weight excluding hydrogens is 180 g/mol. The Morgan fingerprint density at radius 2 is 1.67 bits per heavy atom. The fraction of sp³-hybridized carbons (Fsp3) is 0.733. The average molecular weight is 204 g/mol. The Balaban J connectivity index is 1.95. The first-order chi connectivity index (χ1) is 7.47. The van der Waals surface area contributed by atoms with Gasteiger partial charge in [0, 0.05) is 0 Å². The standard InChI is InChI=1S/C15H24/c1-2-4-6-8-11-15-13-9-12-14(15)10-7-5-3-1/h5,7,10,15H,1-4,6,8-9,11-13H2/b7-5-,14-10?. The molecule has 0 aromatic carbocycles. The molecule has 0 nitrogen and oxygen atoms in total. The summed E-state index contributed by atoms with van der Waals surface area (Å²) in [5.74, 6) is 0.939. The molecule has 0 N–H and O–H groups in total. The largest absolute Gasteiger partial charge is 0.0845 e. The summed E-state index contributed by atoms with van der Waals surface area (Å²) >= 11 is 0. The summed E-state index contributed by atoms with van der Waals surface area (Å²) in [5, 5.41) is 0. The van der Waals surface area contributed by atoms with Crippen LogP contribution in [-0.4, -0.2) is 0 Å². The molecule has 1 atom stereocenters. The Hall–Kier alpha value is -0.520. The molecule has 0 bridgehead atoms. The van der Waals surface area contributed by atoms with Crippen molar-refractivity contribution in [3.63, 3.8) is 0 Å². The normalized spacial score (nSPS) is 30.9. The lowest BCUT2D eigenvalue weighted by molar-refractivity contribution is 0.509. The van der Waals surface area contributed by atoms with Gasteiger partial charge in [-0.2, -0.15) is 0 Å². The molecule has 2 aliphatic carbocycles. The van der Waals surface area contributed by atoms with Crippen LogP contribution in [0.3, 0.4) is 0 Å². The lowest BCUT2D eigenvalue weighted by Crippen LogP contribution is -1.97. The number of rotatable bonds is 0. The summed E-state index contributed by atoms with van der Waals surface area (Å²) in [6, 6.07) is 0. The minimum absolute atomic E-state index is 0.939. The number of allylic oxidation sites excluding steroid dienone is 4. The highest BCUT2D eigenvalue weighted by molar-refractivity contribution is 5.18. The highest BCUT2D eigenvalue weighted by Gasteiger charge is 2.19. The van der Waals surface area contributed by atoms with E-state index in [0.29, 0.717) is 0 Å². The van der Waals surface area contributed by atoms with Gasteiger partial charge in [0.2, 0.25) is 0 Å². The molecule has 0 aromatic rings. The highest BCUT2D eigenvalue weighted by Crippen LogP contribution is 2.35. The Labute approximate surface area is 94.5 Å². The van der Waals surface area contributed by atoms with Gasteiger partial charge in [-0.15, -0.1) is 0 Å². The van der Waals surface area contributed by atoms with Crippen LogP contribution in [0.5, 0.6) is 0 Å². The van der Waals surface area contributed by atoms with Crippen LogP contribution in [0.1, 0.15) is 64.2 Å². The van der Waals surface area contributed by atoms with Gasteiger partial charge in [-0.05, 0) is 44.4 Å². The van der Waals surface area contributed by atoms with E-state index >= 15 is 0 Å². The molecule has 2 rings (SSSR count). The molecule has 2 aliphatic rings. The molecule has 1 unspecified atom stereocenters. The van der Waals surface area contributed by atoms with Gasteiger partial charge >= 0.3 is 0 Å². The predicted molar refractivity (Wildman–Crippen MR) is 66.9 cm³/mol. The third kappa shape index (κ3) is 3.52. The molecule has 0 aromatic heterocycles. The molecule has 0 saturated heterocycles. The van der Waals surface area contributed by atoms with E-state index in [-0.39, 0.29) is 0 Å². The summed E-state index contributed by atoms with van der Waals surface area (Å²) in [6.45, 7) is 0. The quantitative estimate of drug-likeness (QED) is 0.520. The zero-order valence-electron chi connectivity index (χ0n) is 9.88. The van der Waals surface area contributed by atoms with Crippen molar-refractivity contribution in [3.8, 4) is 0 Å². The summed E-state index contributed by atoms with van der Waals surface area (Å²) < 4.78 is 0. The van der Waals surface area contributed by atoms with Gasteiger partial charge in [-0.25, -0.2) is 0 Å². The molecule has 0 aliphatic heterocycles. The highest BCUT2D eigenvalue weighted by atomic mass is 14.2. The first-order valence-electron chi connectivity index (χ1n) is 6.82. The molecule has 1 fully saturated rings. The predicted octanol–water partition coefficient (Wildman–Crippen LogP) is 5.01. The lowest BCUT2D eigenvalue weighted by atomic mass is 9.94. The SMILES string of the molecule is C1=C2CCCC2CCCCCCC/C=C\1. The Morgan fingerprint density at radius 3 is 2.67 bits per heavy atom. The smallest absolute Gasteiger partial charge is 0.0200 e. The maximum absolute atomic E-state index is 2.42. The number of hydrogen-bond donors (Lipinski definition) is 0. The van der Waals surface area contributed by atoms with E-state index in [1.807, 2.05) is 0 Å². The van der Waals surface area contributed by atoms with Gasteiger partial charge in [0.05, 0.1) is 0 Å². The molecule has 0 spiro atoms. The van der Waals surface area contributed by atoms with E-state index in [2.05, 4.69) is 18.2 Å². The molecule has 0 heteroatoms. The molecular formula is C15H24. The monoisotopic (exact) mass is 204 g/mol. The molecule has 0 radical (unpaired) electrons. The van der Waals surface area contributed by atoms with E-state index in [1.54, 1.807) is 5.57 Å². The molecule has 15 heavy (non-hydrogen) atoms. The zero-order valence-corrected chi connectivity index (χ0v) is 9.88. The molecule has 0 heterocycles. The molecule has 84 valence electrons. The Bertz CT molecular complexity index is 234. The maximum atomic E-state index is 2.42. The zero-order chi connectivity index (χ0) is 10.3. The van der Waals surface area contributed by atoms with Gasteiger partial charge in [0.25, 0.3) is 0 Å². The summed E-state index contributed by atoms with van der Waals surface area (Å²) in [4.78, 5) is 0. The third-order valence-electron chi connectivity index (χ3n) is 3.91. The van der Waals surface area contributed by atoms with Gasteiger partial charge in [-0.3, -0.25) is 0 Å². The van der Waals surface area contributed by atoms with Crippen LogP contribution in [0.25, 0.3) is 0 Å². The minimum Gasteiger partial charge on any atom is -0.0845 e. The number of hydrogen-bond acceptors (Lipinski definition) is 0. The van der Waals surface area contributed by atoms with Crippen molar-refractivity contribution in [2.75, 3.05) is 0 Å². The van der Waals surface area contributed by atoms with Crippen molar-refractivity contribution in [3.05, 3.63) is 23.8 Å². The van der Waals surface area contributed by atoms with Crippen molar-refractivity contribution in [2.24, 2.45) is 5.92 Å². The molecule has 1 saturated carbocycles. The lowest BCUT2D eigenvalue weighted by Gasteiger charge is -2.12. The summed E-state index contributed by atoms with van der Waals surface area (Å²) in [6.07, 6.45) is 21.3. The van der Waals surface area contributed by atoms with Gasteiger partial charge in [-0.1, -0.05) is 49.5 Å². The fourth-order valence-electron chi connectivity index (χ4n) is 2.96. The second-order valence-electron chi connectivity index (χ2n) is 5.10. The first kappa shape index (κ1) is 11.0. The summed E-state index contributed by atoms with van der Waals surface area (Å²) in [7, 11) is 0. The van der Waals surface area contributed by atoms with Crippen LogP contribution >= 0.6 is 0 Å². The van der Waals surface area contributed by atoms with Crippen LogP contribution in [0.4, 0.5) is 0 Å². The topological polar surface area (TPSA) is 0 Å². The van der Waals surface area contributed by atoms with E-state index in [9.17, 15) is 0 Å². The van der Waals surface area contributed by atoms with Crippen LogP contribution in [0.15, 0.2) is 23.8 Å².